The highest BCUT2D eigenvalue weighted by molar-refractivity contribution is 5.41. The fourth-order valence-corrected chi connectivity index (χ4v) is 1.79. The molecule has 0 aliphatic carbocycles. The van der Waals surface area contributed by atoms with E-state index in [4.69, 9.17) is 4.74 Å². The summed E-state index contributed by atoms with van der Waals surface area (Å²) in [6, 6.07) is 5.77. The van der Waals surface area contributed by atoms with Gasteiger partial charge >= 0.3 is 0 Å². The van der Waals surface area contributed by atoms with Crippen LogP contribution in [0.4, 0.5) is 0 Å². The zero-order valence-electron chi connectivity index (χ0n) is 8.95. The van der Waals surface area contributed by atoms with Crippen LogP contribution >= 0.6 is 0 Å². The van der Waals surface area contributed by atoms with Gasteiger partial charge in [0.25, 0.3) is 0 Å². The first-order valence-electron chi connectivity index (χ1n) is 5.07. The lowest BCUT2D eigenvalue weighted by Crippen LogP contribution is -2.23. The Kier molecular flexibility index (Phi) is 2.79. The average molecular weight is 208 g/mol. The van der Waals surface area contributed by atoms with Crippen LogP contribution in [-0.4, -0.2) is 24.8 Å². The molecule has 1 aliphatic heterocycles. The molecule has 15 heavy (non-hydrogen) atoms. The van der Waals surface area contributed by atoms with E-state index in [0.29, 0.717) is 11.8 Å². The summed E-state index contributed by atoms with van der Waals surface area (Å²) in [6.07, 6.45) is 0.0332. The highest BCUT2D eigenvalue weighted by Gasteiger charge is 2.23. The lowest BCUT2D eigenvalue weighted by atomic mass is 10.1. The second-order valence-corrected chi connectivity index (χ2v) is 3.83. The summed E-state index contributed by atoms with van der Waals surface area (Å²) in [6.45, 7) is 3.02. The minimum atomic E-state index is 0.0332. The van der Waals surface area contributed by atoms with E-state index < -0.39 is 0 Å². The lowest BCUT2D eigenvalue weighted by molar-refractivity contribution is 0.403. The number of phenols is 1. The van der Waals surface area contributed by atoms with Crippen LogP contribution in [0.5, 0.6) is 11.5 Å². The van der Waals surface area contributed by atoms with Crippen LogP contribution in [0.2, 0.25) is 0 Å². The molecule has 1 saturated heterocycles. The third-order valence-electron chi connectivity index (χ3n) is 2.63. The van der Waals surface area contributed by atoms with E-state index in [9.17, 15) is 5.11 Å². The van der Waals surface area contributed by atoms with Crippen LogP contribution in [0.3, 0.4) is 0 Å². The number of rotatable bonds is 2. The largest absolute Gasteiger partial charge is 0.507 e. The van der Waals surface area contributed by atoms with Crippen molar-refractivity contribution >= 4 is 0 Å². The first-order valence-corrected chi connectivity index (χ1v) is 5.07. The Labute approximate surface area is 89.3 Å². The number of phenolic OH excluding ortho intramolecular Hbond substituents is 1. The van der Waals surface area contributed by atoms with E-state index in [1.807, 2.05) is 12.1 Å². The Morgan fingerprint density at radius 2 is 2.27 bits per heavy atom. The molecule has 1 aliphatic rings. The van der Waals surface area contributed by atoms with Crippen molar-refractivity contribution in [3.05, 3.63) is 23.8 Å². The maximum absolute atomic E-state index is 9.81. The fourth-order valence-electron chi connectivity index (χ4n) is 1.79. The molecule has 4 nitrogen and oxygen atoms in total. The Balaban J connectivity index is 2.21. The van der Waals surface area contributed by atoms with Gasteiger partial charge in [-0.3, -0.25) is 10.6 Å². The third kappa shape index (κ3) is 2.06. The van der Waals surface area contributed by atoms with Gasteiger partial charge in [-0.1, -0.05) is 0 Å². The Morgan fingerprint density at radius 1 is 1.47 bits per heavy atom. The van der Waals surface area contributed by atoms with Gasteiger partial charge in [-0.25, -0.2) is 0 Å². The molecule has 2 atom stereocenters. The number of ether oxygens (including phenoxy) is 1. The van der Waals surface area contributed by atoms with Crippen LogP contribution < -0.4 is 15.4 Å². The molecule has 82 valence electrons. The molecule has 2 rings (SSSR count). The Morgan fingerprint density at radius 3 is 2.80 bits per heavy atom. The van der Waals surface area contributed by atoms with Crippen molar-refractivity contribution in [2.24, 2.45) is 0 Å². The van der Waals surface area contributed by atoms with Crippen molar-refractivity contribution < 1.29 is 9.84 Å². The first-order chi connectivity index (χ1) is 7.20. The van der Waals surface area contributed by atoms with Crippen molar-refractivity contribution in [3.8, 4) is 11.5 Å². The number of nitrogens with one attached hydrogen (secondary N) is 2. The van der Waals surface area contributed by atoms with Gasteiger partial charge in [0.1, 0.15) is 11.5 Å². The minimum Gasteiger partial charge on any atom is -0.507 e. The molecule has 1 unspecified atom stereocenters. The highest BCUT2D eigenvalue weighted by atomic mass is 16.5. The van der Waals surface area contributed by atoms with Crippen molar-refractivity contribution in [1.29, 1.82) is 0 Å². The van der Waals surface area contributed by atoms with Gasteiger partial charge in [-0.05, 0) is 19.1 Å². The topological polar surface area (TPSA) is 53.5 Å². The summed E-state index contributed by atoms with van der Waals surface area (Å²) < 4.78 is 5.03. The molecule has 3 N–H and O–H groups in total. The van der Waals surface area contributed by atoms with E-state index in [1.54, 1.807) is 13.2 Å². The molecule has 1 heterocycles. The van der Waals surface area contributed by atoms with E-state index in [-0.39, 0.29) is 11.9 Å². The third-order valence-corrected chi connectivity index (χ3v) is 2.63. The molecule has 4 heteroatoms. The van der Waals surface area contributed by atoms with Crippen LogP contribution in [0.25, 0.3) is 0 Å². The number of aromatic hydroxyl groups is 1. The highest BCUT2D eigenvalue weighted by Crippen LogP contribution is 2.28. The van der Waals surface area contributed by atoms with Crippen molar-refractivity contribution in [1.82, 2.24) is 10.6 Å². The molecule has 0 saturated carbocycles. The molecule has 0 amide bonds. The lowest BCUT2D eigenvalue weighted by Gasteiger charge is -2.14. The van der Waals surface area contributed by atoms with E-state index in [1.165, 1.54) is 0 Å². The van der Waals surface area contributed by atoms with Crippen LogP contribution in [0.15, 0.2) is 18.2 Å². The standard InChI is InChI=1S/C11H16N2O2/c1-7-6-12-11(13-7)9-4-3-8(15-2)5-10(9)14/h3-5,7,11-14H,6H2,1-2H3/t7-,11?/m1/s1. The molecular formula is C11H16N2O2. The summed E-state index contributed by atoms with van der Waals surface area (Å²) in [5.41, 5.74) is 0.861. The smallest absolute Gasteiger partial charge is 0.125 e. The molecule has 0 bridgehead atoms. The zero-order chi connectivity index (χ0) is 10.8. The Hall–Kier alpha value is -1.26. The van der Waals surface area contributed by atoms with Crippen molar-refractivity contribution in [2.45, 2.75) is 19.1 Å². The van der Waals surface area contributed by atoms with Crippen molar-refractivity contribution in [2.75, 3.05) is 13.7 Å². The maximum Gasteiger partial charge on any atom is 0.125 e. The van der Waals surface area contributed by atoms with Gasteiger partial charge in [-0.2, -0.15) is 0 Å². The van der Waals surface area contributed by atoms with E-state index >= 15 is 0 Å². The normalized spacial score (nSPS) is 25.5. The van der Waals surface area contributed by atoms with Gasteiger partial charge in [0.2, 0.25) is 0 Å². The minimum absolute atomic E-state index is 0.0332. The summed E-state index contributed by atoms with van der Waals surface area (Å²) in [4.78, 5) is 0. The van der Waals surface area contributed by atoms with Crippen molar-refractivity contribution in [3.63, 3.8) is 0 Å². The Bertz CT molecular complexity index is 354. The summed E-state index contributed by atoms with van der Waals surface area (Å²) in [7, 11) is 1.59. The predicted molar refractivity (Wildman–Crippen MR) is 58.0 cm³/mol. The van der Waals surface area contributed by atoms with Gasteiger partial charge in [0.15, 0.2) is 0 Å². The number of hydrogen-bond donors (Lipinski definition) is 3. The molecule has 0 radical (unpaired) electrons. The SMILES string of the molecule is COc1ccc(C2NC[C@@H](C)N2)c(O)c1. The quantitative estimate of drug-likeness (QED) is 0.678. The van der Waals surface area contributed by atoms with E-state index in [2.05, 4.69) is 17.6 Å². The fraction of sp³-hybridized carbons (Fsp3) is 0.455. The average Bonchev–Trinajstić information content (AvgIpc) is 2.64. The van der Waals surface area contributed by atoms with E-state index in [0.717, 1.165) is 12.1 Å². The van der Waals surface area contributed by atoms with Gasteiger partial charge in [0, 0.05) is 24.2 Å². The summed E-state index contributed by atoms with van der Waals surface area (Å²) >= 11 is 0. The monoisotopic (exact) mass is 208 g/mol. The molecular weight excluding hydrogens is 192 g/mol. The predicted octanol–water partition coefficient (Wildman–Crippen LogP) is 0.981. The van der Waals surface area contributed by atoms with Gasteiger partial charge < -0.3 is 9.84 Å². The van der Waals surface area contributed by atoms with Crippen LogP contribution in [0, 0.1) is 0 Å². The molecule has 0 spiro atoms. The maximum atomic E-state index is 9.81. The summed E-state index contributed by atoms with van der Waals surface area (Å²) in [5, 5.41) is 16.4. The first kappa shape index (κ1) is 10.3. The summed E-state index contributed by atoms with van der Waals surface area (Å²) in [5.74, 6) is 0.927. The van der Waals surface area contributed by atoms with Crippen LogP contribution in [-0.2, 0) is 0 Å². The van der Waals surface area contributed by atoms with Gasteiger partial charge in [-0.15, -0.1) is 0 Å². The van der Waals surface area contributed by atoms with Crippen LogP contribution in [0.1, 0.15) is 18.7 Å². The van der Waals surface area contributed by atoms with Gasteiger partial charge in [0.05, 0.1) is 13.3 Å². The number of benzene rings is 1. The molecule has 0 aromatic heterocycles. The number of hydrogen-bond acceptors (Lipinski definition) is 4. The molecule has 1 aromatic rings. The molecule has 1 aromatic carbocycles. The number of methoxy groups -OCH3 is 1. The molecule has 1 fully saturated rings. The zero-order valence-corrected chi connectivity index (χ0v) is 8.95. The second kappa shape index (κ2) is 4.08. The second-order valence-electron chi connectivity index (χ2n) is 3.83.